The van der Waals surface area contributed by atoms with Crippen LogP contribution in [0.2, 0.25) is 0 Å². The summed E-state index contributed by atoms with van der Waals surface area (Å²) in [6, 6.07) is 9.14. The lowest BCUT2D eigenvalue weighted by atomic mass is 10.1. The summed E-state index contributed by atoms with van der Waals surface area (Å²) in [6.45, 7) is 0. The lowest BCUT2D eigenvalue weighted by Gasteiger charge is -2.30. The van der Waals surface area contributed by atoms with Crippen LogP contribution in [-0.4, -0.2) is 34.2 Å². The minimum atomic E-state index is -0.483. The topological polar surface area (TPSA) is 75.3 Å². The average molecular weight is 283 g/mol. The highest BCUT2D eigenvalue weighted by Crippen LogP contribution is 2.33. The van der Waals surface area contributed by atoms with Crippen LogP contribution in [0.25, 0.3) is 11.3 Å². The summed E-state index contributed by atoms with van der Waals surface area (Å²) in [5.74, 6) is -0.536. The molecule has 2 saturated heterocycles. The van der Waals surface area contributed by atoms with Crippen LogP contribution < -0.4 is 4.90 Å². The van der Waals surface area contributed by atoms with Crippen LogP contribution in [0.4, 0.5) is 5.69 Å². The number of ether oxygens (including phenoxy) is 1. The zero-order valence-corrected chi connectivity index (χ0v) is 11.2. The first-order valence-electron chi connectivity index (χ1n) is 6.87. The first kappa shape index (κ1) is 12.3. The SMILES string of the molecule is O=C1C2CCC(O2)C(=O)N1c1cccc(-c2ccn[nH]2)c1. The lowest BCUT2D eigenvalue weighted by Crippen LogP contribution is -2.52. The van der Waals surface area contributed by atoms with Crippen molar-refractivity contribution in [3.05, 3.63) is 36.5 Å². The molecule has 2 aromatic rings. The minimum absolute atomic E-state index is 0.268. The first-order chi connectivity index (χ1) is 10.2. The van der Waals surface area contributed by atoms with E-state index in [2.05, 4.69) is 10.2 Å². The molecule has 2 atom stereocenters. The van der Waals surface area contributed by atoms with Crippen LogP contribution in [0, 0.1) is 0 Å². The second-order valence-electron chi connectivity index (χ2n) is 5.22. The van der Waals surface area contributed by atoms with E-state index < -0.39 is 12.2 Å². The Morgan fingerprint density at radius 1 is 1.14 bits per heavy atom. The highest BCUT2D eigenvalue weighted by molar-refractivity contribution is 6.20. The van der Waals surface area contributed by atoms with Crippen LogP contribution in [0.1, 0.15) is 12.8 Å². The normalized spacial score (nSPS) is 24.7. The van der Waals surface area contributed by atoms with Gasteiger partial charge in [-0.1, -0.05) is 12.1 Å². The van der Waals surface area contributed by atoms with E-state index in [9.17, 15) is 9.59 Å². The molecule has 0 aliphatic carbocycles. The molecular weight excluding hydrogens is 270 g/mol. The summed E-state index contributed by atoms with van der Waals surface area (Å²) < 4.78 is 5.42. The third-order valence-electron chi connectivity index (χ3n) is 3.93. The number of carbonyl (C=O) groups is 2. The third-order valence-corrected chi connectivity index (χ3v) is 3.93. The van der Waals surface area contributed by atoms with Crippen molar-refractivity contribution in [1.29, 1.82) is 0 Å². The second kappa shape index (κ2) is 4.53. The van der Waals surface area contributed by atoms with Crippen molar-refractivity contribution in [3.8, 4) is 11.3 Å². The van der Waals surface area contributed by atoms with Crippen LogP contribution in [0.5, 0.6) is 0 Å². The molecule has 3 heterocycles. The molecule has 1 aromatic carbocycles. The van der Waals surface area contributed by atoms with Crippen molar-refractivity contribution >= 4 is 17.5 Å². The van der Waals surface area contributed by atoms with Crippen molar-refractivity contribution in [3.63, 3.8) is 0 Å². The number of benzene rings is 1. The molecule has 0 saturated carbocycles. The van der Waals surface area contributed by atoms with E-state index in [-0.39, 0.29) is 11.8 Å². The summed E-state index contributed by atoms with van der Waals surface area (Å²) in [4.78, 5) is 26.0. The summed E-state index contributed by atoms with van der Waals surface area (Å²) in [6.07, 6.45) is 1.93. The van der Waals surface area contributed by atoms with Crippen LogP contribution >= 0.6 is 0 Å². The number of hydrogen-bond donors (Lipinski definition) is 1. The molecule has 1 N–H and O–H groups in total. The Kier molecular flexibility index (Phi) is 2.65. The number of fused-ring (bicyclic) bond motifs is 2. The summed E-state index contributed by atoms with van der Waals surface area (Å²) in [5, 5.41) is 6.79. The Morgan fingerprint density at radius 3 is 2.57 bits per heavy atom. The fourth-order valence-electron chi connectivity index (χ4n) is 2.88. The molecule has 0 spiro atoms. The molecule has 2 amide bonds. The molecule has 2 aliphatic heterocycles. The highest BCUT2D eigenvalue weighted by atomic mass is 16.5. The van der Waals surface area contributed by atoms with E-state index in [1.54, 1.807) is 12.3 Å². The van der Waals surface area contributed by atoms with E-state index in [1.165, 1.54) is 4.90 Å². The lowest BCUT2D eigenvalue weighted by molar-refractivity contribution is -0.146. The Labute approximate surface area is 120 Å². The van der Waals surface area contributed by atoms with E-state index >= 15 is 0 Å². The van der Waals surface area contributed by atoms with Gasteiger partial charge >= 0.3 is 0 Å². The van der Waals surface area contributed by atoms with Gasteiger partial charge in [0.15, 0.2) is 0 Å². The van der Waals surface area contributed by atoms with Crippen LogP contribution in [0.15, 0.2) is 36.5 Å². The monoisotopic (exact) mass is 283 g/mol. The number of morpholine rings is 1. The number of anilines is 1. The summed E-state index contributed by atoms with van der Waals surface area (Å²) in [5.41, 5.74) is 2.30. The predicted octanol–water partition coefficient (Wildman–Crippen LogP) is 1.50. The molecule has 106 valence electrons. The van der Waals surface area contributed by atoms with Crippen molar-refractivity contribution in [2.45, 2.75) is 25.0 Å². The highest BCUT2D eigenvalue weighted by Gasteiger charge is 2.47. The quantitative estimate of drug-likeness (QED) is 0.847. The Balaban J connectivity index is 1.74. The predicted molar refractivity (Wildman–Crippen MR) is 74.4 cm³/mol. The third kappa shape index (κ3) is 1.87. The molecule has 2 aliphatic rings. The maximum atomic E-state index is 12.4. The van der Waals surface area contributed by atoms with E-state index in [4.69, 9.17) is 4.74 Å². The number of aromatic nitrogens is 2. The summed E-state index contributed by atoms with van der Waals surface area (Å²) >= 11 is 0. The molecule has 6 nitrogen and oxygen atoms in total. The van der Waals surface area contributed by atoms with Crippen LogP contribution in [0.3, 0.4) is 0 Å². The van der Waals surface area contributed by atoms with Gasteiger partial charge in [-0.05, 0) is 31.0 Å². The molecule has 0 radical (unpaired) electrons. The van der Waals surface area contributed by atoms with Crippen molar-refractivity contribution < 1.29 is 14.3 Å². The molecule has 2 fully saturated rings. The van der Waals surface area contributed by atoms with E-state index in [0.29, 0.717) is 18.5 Å². The van der Waals surface area contributed by atoms with E-state index in [0.717, 1.165) is 11.3 Å². The number of hydrogen-bond acceptors (Lipinski definition) is 4. The fraction of sp³-hybridized carbons (Fsp3) is 0.267. The van der Waals surface area contributed by atoms with Crippen molar-refractivity contribution in [2.75, 3.05) is 4.90 Å². The maximum Gasteiger partial charge on any atom is 0.262 e. The summed E-state index contributed by atoms with van der Waals surface area (Å²) in [7, 11) is 0. The van der Waals surface area contributed by atoms with Gasteiger partial charge < -0.3 is 4.74 Å². The molecule has 4 rings (SSSR count). The van der Waals surface area contributed by atoms with Gasteiger partial charge in [-0.25, -0.2) is 4.90 Å². The van der Waals surface area contributed by atoms with Gasteiger partial charge in [-0.3, -0.25) is 14.7 Å². The van der Waals surface area contributed by atoms with Gasteiger partial charge in [0.25, 0.3) is 11.8 Å². The Bertz CT molecular complexity index is 689. The van der Waals surface area contributed by atoms with Gasteiger partial charge in [0.1, 0.15) is 12.2 Å². The van der Waals surface area contributed by atoms with Gasteiger partial charge in [-0.2, -0.15) is 5.10 Å². The zero-order valence-electron chi connectivity index (χ0n) is 11.2. The number of amides is 2. The standard InChI is InChI=1S/C15H13N3O3/c19-14-12-4-5-13(21-12)15(20)18(14)10-3-1-2-9(8-10)11-6-7-16-17-11/h1-3,6-8,12-13H,4-5H2,(H,16,17). The molecular formula is C15H13N3O3. The zero-order chi connectivity index (χ0) is 14.4. The molecule has 6 heteroatoms. The van der Waals surface area contributed by atoms with Gasteiger partial charge in [-0.15, -0.1) is 0 Å². The number of nitrogens with zero attached hydrogens (tertiary/aromatic N) is 2. The maximum absolute atomic E-state index is 12.4. The number of imide groups is 1. The molecule has 1 aromatic heterocycles. The van der Waals surface area contributed by atoms with Crippen molar-refractivity contribution in [1.82, 2.24) is 10.2 Å². The van der Waals surface area contributed by atoms with E-state index in [1.807, 2.05) is 24.3 Å². The fourth-order valence-corrected chi connectivity index (χ4v) is 2.88. The van der Waals surface area contributed by atoms with Gasteiger partial charge in [0.2, 0.25) is 0 Å². The average Bonchev–Trinajstić information content (AvgIpc) is 3.17. The smallest absolute Gasteiger partial charge is 0.262 e. The number of aromatic amines is 1. The minimum Gasteiger partial charge on any atom is -0.355 e. The molecule has 2 unspecified atom stereocenters. The largest absolute Gasteiger partial charge is 0.355 e. The first-order valence-corrected chi connectivity index (χ1v) is 6.87. The molecule has 21 heavy (non-hydrogen) atoms. The number of carbonyl (C=O) groups excluding carboxylic acids is 2. The Hall–Kier alpha value is -2.47. The number of rotatable bonds is 2. The van der Waals surface area contributed by atoms with Crippen molar-refractivity contribution in [2.24, 2.45) is 0 Å². The number of H-pyrrole nitrogens is 1. The second-order valence-corrected chi connectivity index (χ2v) is 5.22. The molecule has 2 bridgehead atoms. The van der Waals surface area contributed by atoms with Crippen LogP contribution in [-0.2, 0) is 14.3 Å². The van der Waals surface area contributed by atoms with Gasteiger partial charge in [0.05, 0.1) is 11.4 Å². The van der Waals surface area contributed by atoms with Gasteiger partial charge in [0, 0.05) is 11.8 Å². The Morgan fingerprint density at radius 2 is 1.90 bits per heavy atom. The number of nitrogens with one attached hydrogen (secondary N) is 1.